The molecule has 23 heavy (non-hydrogen) atoms. The van der Waals surface area contributed by atoms with Crippen LogP contribution in [-0.4, -0.2) is 14.4 Å². The second kappa shape index (κ2) is 5.34. The SMILES string of the molecule is O=c1c([N+](=O)[O-])c([N+](=O)[O-])c2ccccc2n1-c1ccccc1. The minimum absolute atomic E-state index is 0.0349. The molecule has 0 aliphatic rings. The van der Waals surface area contributed by atoms with Crippen molar-refractivity contribution in [2.24, 2.45) is 0 Å². The summed E-state index contributed by atoms with van der Waals surface area (Å²) in [7, 11) is 0. The number of nitrogens with zero attached hydrogens (tertiary/aromatic N) is 3. The molecule has 0 radical (unpaired) electrons. The first-order valence-electron chi connectivity index (χ1n) is 6.54. The fourth-order valence-corrected chi connectivity index (χ4v) is 2.50. The number of para-hydroxylation sites is 2. The Kier molecular flexibility index (Phi) is 3.34. The quantitative estimate of drug-likeness (QED) is 0.546. The number of fused-ring (bicyclic) bond motifs is 1. The van der Waals surface area contributed by atoms with E-state index in [0.29, 0.717) is 5.69 Å². The predicted octanol–water partition coefficient (Wildman–Crippen LogP) is 2.81. The number of pyridine rings is 1. The van der Waals surface area contributed by atoms with Gasteiger partial charge in [-0.3, -0.25) is 29.6 Å². The lowest BCUT2D eigenvalue weighted by Crippen LogP contribution is -2.23. The van der Waals surface area contributed by atoms with Gasteiger partial charge in [-0.15, -0.1) is 0 Å². The lowest BCUT2D eigenvalue weighted by molar-refractivity contribution is -0.422. The van der Waals surface area contributed by atoms with Gasteiger partial charge in [-0.05, 0) is 24.3 Å². The minimum Gasteiger partial charge on any atom is -0.271 e. The summed E-state index contributed by atoms with van der Waals surface area (Å²) >= 11 is 0. The van der Waals surface area contributed by atoms with E-state index in [4.69, 9.17) is 0 Å². The Balaban J connectivity index is 2.59. The molecule has 1 aromatic heterocycles. The van der Waals surface area contributed by atoms with Crippen LogP contribution in [0.1, 0.15) is 0 Å². The number of hydrogen-bond acceptors (Lipinski definition) is 5. The summed E-state index contributed by atoms with van der Waals surface area (Å²) < 4.78 is 1.11. The lowest BCUT2D eigenvalue weighted by Gasteiger charge is -2.10. The third-order valence-electron chi connectivity index (χ3n) is 3.41. The van der Waals surface area contributed by atoms with Gasteiger partial charge in [0.15, 0.2) is 0 Å². The first-order valence-corrected chi connectivity index (χ1v) is 6.54. The number of aromatic nitrogens is 1. The van der Waals surface area contributed by atoms with Gasteiger partial charge >= 0.3 is 16.9 Å². The first kappa shape index (κ1) is 14.4. The van der Waals surface area contributed by atoms with Gasteiger partial charge in [0.2, 0.25) is 0 Å². The zero-order valence-corrected chi connectivity index (χ0v) is 11.6. The fraction of sp³-hybridized carbons (Fsp3) is 0. The summed E-state index contributed by atoms with van der Waals surface area (Å²) in [6, 6.07) is 14.3. The molecule has 8 nitrogen and oxygen atoms in total. The van der Waals surface area contributed by atoms with E-state index >= 15 is 0 Å². The van der Waals surface area contributed by atoms with Gasteiger partial charge < -0.3 is 0 Å². The van der Waals surface area contributed by atoms with Crippen LogP contribution in [0.4, 0.5) is 11.4 Å². The Morgan fingerprint density at radius 3 is 1.96 bits per heavy atom. The van der Waals surface area contributed by atoms with Gasteiger partial charge in [0.1, 0.15) is 0 Å². The summed E-state index contributed by atoms with van der Waals surface area (Å²) in [6.07, 6.45) is 0. The second-order valence-electron chi connectivity index (χ2n) is 4.70. The van der Waals surface area contributed by atoms with Crippen molar-refractivity contribution in [1.82, 2.24) is 4.57 Å². The predicted molar refractivity (Wildman–Crippen MR) is 82.9 cm³/mol. The highest BCUT2D eigenvalue weighted by molar-refractivity contribution is 5.93. The third-order valence-corrected chi connectivity index (χ3v) is 3.41. The molecular weight excluding hydrogens is 302 g/mol. The van der Waals surface area contributed by atoms with E-state index in [1.165, 1.54) is 18.2 Å². The first-order chi connectivity index (χ1) is 11.0. The van der Waals surface area contributed by atoms with Crippen molar-refractivity contribution in [2.45, 2.75) is 0 Å². The Hall–Kier alpha value is -3.55. The Morgan fingerprint density at radius 2 is 1.35 bits per heavy atom. The summed E-state index contributed by atoms with van der Waals surface area (Å²) in [5.41, 5.74) is -2.24. The number of hydrogen-bond donors (Lipinski definition) is 0. The highest BCUT2D eigenvalue weighted by atomic mass is 16.6. The molecule has 1 heterocycles. The van der Waals surface area contributed by atoms with Gasteiger partial charge in [-0.1, -0.05) is 30.3 Å². The van der Waals surface area contributed by atoms with Crippen molar-refractivity contribution in [3.63, 3.8) is 0 Å². The second-order valence-corrected chi connectivity index (χ2v) is 4.70. The summed E-state index contributed by atoms with van der Waals surface area (Å²) in [5, 5.41) is 22.6. The van der Waals surface area contributed by atoms with Crippen molar-refractivity contribution >= 4 is 22.3 Å². The van der Waals surface area contributed by atoms with Gasteiger partial charge in [-0.2, -0.15) is 0 Å². The van der Waals surface area contributed by atoms with Gasteiger partial charge in [-0.25, -0.2) is 0 Å². The molecule has 0 spiro atoms. The molecule has 0 aliphatic carbocycles. The van der Waals surface area contributed by atoms with E-state index < -0.39 is 26.8 Å². The minimum atomic E-state index is -1.04. The standard InChI is InChI=1S/C15H9N3O5/c19-15-14(18(22)23)13(17(20)21)11-8-4-5-9-12(11)16(15)10-6-2-1-3-7-10/h1-9H. The largest absolute Gasteiger partial charge is 0.411 e. The number of nitro groups is 2. The van der Waals surface area contributed by atoms with Crippen LogP contribution in [0.5, 0.6) is 0 Å². The highest BCUT2D eigenvalue weighted by Crippen LogP contribution is 2.32. The topological polar surface area (TPSA) is 108 Å². The van der Waals surface area contributed by atoms with Crippen molar-refractivity contribution in [2.75, 3.05) is 0 Å². The molecule has 0 aliphatic heterocycles. The van der Waals surface area contributed by atoms with E-state index in [1.807, 2.05) is 0 Å². The molecule has 2 aromatic carbocycles. The smallest absolute Gasteiger partial charge is 0.271 e. The zero-order chi connectivity index (χ0) is 16.6. The van der Waals surface area contributed by atoms with Crippen LogP contribution in [0.3, 0.4) is 0 Å². The number of benzene rings is 2. The van der Waals surface area contributed by atoms with Crippen LogP contribution >= 0.6 is 0 Å². The van der Waals surface area contributed by atoms with Gasteiger partial charge in [0, 0.05) is 5.69 Å². The Labute approximate surface area is 128 Å². The van der Waals surface area contributed by atoms with Crippen molar-refractivity contribution in [1.29, 1.82) is 0 Å². The molecule has 114 valence electrons. The van der Waals surface area contributed by atoms with E-state index in [-0.39, 0.29) is 10.9 Å². The van der Waals surface area contributed by atoms with Crippen LogP contribution in [0.25, 0.3) is 16.6 Å². The van der Waals surface area contributed by atoms with Crippen molar-refractivity contribution in [3.05, 3.63) is 85.2 Å². The fourth-order valence-electron chi connectivity index (χ4n) is 2.50. The third kappa shape index (κ3) is 2.22. The summed E-state index contributed by atoms with van der Waals surface area (Å²) in [5.74, 6) is 0. The molecular formula is C15H9N3O5. The van der Waals surface area contributed by atoms with Gasteiger partial charge in [0.05, 0.1) is 20.7 Å². The van der Waals surface area contributed by atoms with Crippen molar-refractivity contribution < 1.29 is 9.85 Å². The maximum absolute atomic E-state index is 12.6. The van der Waals surface area contributed by atoms with Crippen LogP contribution < -0.4 is 5.56 Å². The van der Waals surface area contributed by atoms with Gasteiger partial charge in [0.25, 0.3) is 0 Å². The Morgan fingerprint density at radius 1 is 0.783 bits per heavy atom. The summed E-state index contributed by atoms with van der Waals surface area (Å²) in [6.45, 7) is 0. The monoisotopic (exact) mass is 311 g/mol. The molecule has 0 saturated heterocycles. The zero-order valence-electron chi connectivity index (χ0n) is 11.6. The van der Waals surface area contributed by atoms with Crippen LogP contribution in [0, 0.1) is 20.2 Å². The molecule has 0 fully saturated rings. The molecule has 0 saturated carbocycles. The summed E-state index contributed by atoms with van der Waals surface area (Å²) in [4.78, 5) is 33.2. The van der Waals surface area contributed by atoms with Crippen molar-refractivity contribution in [3.8, 4) is 5.69 Å². The maximum atomic E-state index is 12.6. The lowest BCUT2D eigenvalue weighted by atomic mass is 10.1. The van der Waals surface area contributed by atoms with E-state index in [9.17, 15) is 25.0 Å². The molecule has 0 bridgehead atoms. The molecule has 3 aromatic rings. The highest BCUT2D eigenvalue weighted by Gasteiger charge is 2.34. The van der Waals surface area contributed by atoms with E-state index in [2.05, 4.69) is 0 Å². The maximum Gasteiger partial charge on any atom is 0.411 e. The molecule has 0 unspecified atom stereocenters. The van der Waals surface area contributed by atoms with E-state index in [0.717, 1.165) is 4.57 Å². The number of rotatable bonds is 3. The average molecular weight is 311 g/mol. The molecule has 0 N–H and O–H groups in total. The van der Waals surface area contributed by atoms with Crippen LogP contribution in [0.2, 0.25) is 0 Å². The molecule has 0 atom stereocenters. The van der Waals surface area contributed by atoms with E-state index in [1.54, 1.807) is 36.4 Å². The molecule has 8 heteroatoms. The Bertz CT molecular complexity index is 995. The molecule has 3 rings (SSSR count). The molecule has 0 amide bonds. The normalized spacial score (nSPS) is 10.6. The van der Waals surface area contributed by atoms with Crippen LogP contribution in [-0.2, 0) is 0 Å². The van der Waals surface area contributed by atoms with Crippen LogP contribution in [0.15, 0.2) is 59.4 Å². The average Bonchev–Trinajstić information content (AvgIpc) is 2.54.